The summed E-state index contributed by atoms with van der Waals surface area (Å²) in [5, 5.41) is 7.60. The lowest BCUT2D eigenvalue weighted by Gasteiger charge is -2.14. The molecule has 0 aliphatic rings. The van der Waals surface area contributed by atoms with Crippen molar-refractivity contribution >= 4 is 0 Å². The van der Waals surface area contributed by atoms with Gasteiger partial charge in [-0.3, -0.25) is 4.68 Å². The van der Waals surface area contributed by atoms with Crippen molar-refractivity contribution in [1.29, 1.82) is 0 Å². The van der Waals surface area contributed by atoms with E-state index in [0.717, 1.165) is 17.7 Å². The summed E-state index contributed by atoms with van der Waals surface area (Å²) in [4.78, 5) is 0. The number of hydrogen-bond acceptors (Lipinski definition) is 3. The summed E-state index contributed by atoms with van der Waals surface area (Å²) >= 11 is 0. The topological polar surface area (TPSA) is 39.1 Å². The van der Waals surface area contributed by atoms with Gasteiger partial charge in [0.15, 0.2) is 11.6 Å². The van der Waals surface area contributed by atoms with Gasteiger partial charge < -0.3 is 10.1 Å². The van der Waals surface area contributed by atoms with Gasteiger partial charge in [-0.1, -0.05) is 6.07 Å². The Labute approximate surface area is 118 Å². The number of aromatic nitrogens is 2. The Balaban J connectivity index is 1.86. The van der Waals surface area contributed by atoms with Crippen LogP contribution in [0.25, 0.3) is 0 Å². The van der Waals surface area contributed by atoms with Crippen molar-refractivity contribution in [1.82, 2.24) is 15.1 Å². The summed E-state index contributed by atoms with van der Waals surface area (Å²) < 4.78 is 20.4. The second-order valence-corrected chi connectivity index (χ2v) is 4.99. The first-order valence-electron chi connectivity index (χ1n) is 6.63. The van der Waals surface area contributed by atoms with Gasteiger partial charge in [-0.2, -0.15) is 5.10 Å². The van der Waals surface area contributed by atoms with E-state index in [1.807, 2.05) is 30.1 Å². The number of rotatable bonds is 6. The molecular formula is C15H20FN3O. The first-order valence-corrected chi connectivity index (χ1v) is 6.63. The number of methoxy groups -OCH3 is 1. The van der Waals surface area contributed by atoms with Gasteiger partial charge >= 0.3 is 0 Å². The van der Waals surface area contributed by atoms with E-state index < -0.39 is 0 Å². The summed E-state index contributed by atoms with van der Waals surface area (Å²) in [5.74, 6) is -0.0593. The second kappa shape index (κ2) is 6.52. The Kier molecular flexibility index (Phi) is 4.74. The zero-order chi connectivity index (χ0) is 14.5. The maximum absolute atomic E-state index is 13.6. The van der Waals surface area contributed by atoms with Crippen LogP contribution in [0.5, 0.6) is 5.75 Å². The molecule has 0 aliphatic heterocycles. The van der Waals surface area contributed by atoms with Crippen LogP contribution in [0.3, 0.4) is 0 Å². The highest BCUT2D eigenvalue weighted by Crippen LogP contribution is 2.17. The standard InChI is InChI=1S/C15H20FN3O/c1-11-7-18-19(9-11)10-12(2)17-8-13-4-5-15(20-3)14(16)6-13/h4-7,9,12,17H,8,10H2,1-3H3/t12-/m1/s1. The largest absolute Gasteiger partial charge is 0.494 e. The average molecular weight is 277 g/mol. The lowest BCUT2D eigenvalue weighted by atomic mass is 10.2. The van der Waals surface area contributed by atoms with Crippen molar-refractivity contribution in [2.45, 2.75) is 33.0 Å². The van der Waals surface area contributed by atoms with Crippen LogP contribution in [0.15, 0.2) is 30.6 Å². The lowest BCUT2D eigenvalue weighted by Crippen LogP contribution is -2.30. The van der Waals surface area contributed by atoms with Crippen LogP contribution in [0, 0.1) is 12.7 Å². The summed E-state index contributed by atoms with van der Waals surface area (Å²) in [6.07, 6.45) is 3.84. The molecule has 0 aliphatic carbocycles. The number of nitrogens with zero attached hydrogens (tertiary/aromatic N) is 2. The molecule has 1 aromatic carbocycles. The van der Waals surface area contributed by atoms with E-state index in [1.54, 1.807) is 6.07 Å². The Morgan fingerprint density at radius 2 is 2.25 bits per heavy atom. The third kappa shape index (κ3) is 3.81. The number of hydrogen-bond donors (Lipinski definition) is 1. The highest BCUT2D eigenvalue weighted by molar-refractivity contribution is 5.29. The van der Waals surface area contributed by atoms with E-state index in [4.69, 9.17) is 4.74 Å². The van der Waals surface area contributed by atoms with E-state index in [9.17, 15) is 4.39 Å². The van der Waals surface area contributed by atoms with Gasteiger partial charge in [0, 0.05) is 18.8 Å². The van der Waals surface area contributed by atoms with Crippen LogP contribution < -0.4 is 10.1 Å². The van der Waals surface area contributed by atoms with Gasteiger partial charge in [-0.25, -0.2) is 4.39 Å². The summed E-state index contributed by atoms with van der Waals surface area (Å²) in [6, 6.07) is 5.25. The second-order valence-electron chi connectivity index (χ2n) is 4.99. The fraction of sp³-hybridized carbons (Fsp3) is 0.400. The van der Waals surface area contributed by atoms with Crippen LogP contribution >= 0.6 is 0 Å². The minimum atomic E-state index is -0.331. The average Bonchev–Trinajstić information content (AvgIpc) is 2.82. The predicted molar refractivity (Wildman–Crippen MR) is 76.2 cm³/mol. The monoisotopic (exact) mass is 277 g/mol. The minimum absolute atomic E-state index is 0.250. The molecule has 0 saturated carbocycles. The number of ether oxygens (including phenoxy) is 1. The van der Waals surface area contributed by atoms with Crippen LogP contribution in [0.1, 0.15) is 18.1 Å². The molecule has 5 heteroatoms. The zero-order valence-electron chi connectivity index (χ0n) is 12.1. The first-order chi connectivity index (χ1) is 9.58. The molecule has 0 saturated heterocycles. The lowest BCUT2D eigenvalue weighted by molar-refractivity contribution is 0.385. The fourth-order valence-corrected chi connectivity index (χ4v) is 2.02. The third-order valence-corrected chi connectivity index (χ3v) is 3.09. The molecule has 0 bridgehead atoms. The molecule has 1 N–H and O–H groups in total. The first kappa shape index (κ1) is 14.5. The van der Waals surface area contributed by atoms with Crippen molar-refractivity contribution in [3.05, 3.63) is 47.5 Å². The highest BCUT2D eigenvalue weighted by Gasteiger charge is 2.06. The maximum Gasteiger partial charge on any atom is 0.165 e. The van der Waals surface area contributed by atoms with Crippen molar-refractivity contribution in [2.24, 2.45) is 0 Å². The number of benzene rings is 1. The molecule has 4 nitrogen and oxygen atoms in total. The Morgan fingerprint density at radius 3 is 2.85 bits per heavy atom. The SMILES string of the molecule is COc1ccc(CN[C@H](C)Cn2cc(C)cn2)cc1F. The molecule has 0 amide bonds. The molecule has 0 fully saturated rings. The summed E-state index contributed by atoms with van der Waals surface area (Å²) in [6.45, 7) is 5.49. The van der Waals surface area contributed by atoms with Gasteiger partial charge in [0.1, 0.15) is 0 Å². The fourth-order valence-electron chi connectivity index (χ4n) is 2.02. The molecule has 1 aromatic heterocycles. The number of halogens is 1. The maximum atomic E-state index is 13.6. The molecule has 108 valence electrons. The van der Waals surface area contributed by atoms with E-state index in [0.29, 0.717) is 6.54 Å². The molecule has 0 radical (unpaired) electrons. The summed E-state index contributed by atoms with van der Waals surface area (Å²) in [5.41, 5.74) is 2.04. The van der Waals surface area contributed by atoms with Crippen molar-refractivity contribution in [2.75, 3.05) is 7.11 Å². The third-order valence-electron chi connectivity index (χ3n) is 3.09. The predicted octanol–water partition coefficient (Wildman–Crippen LogP) is 2.52. The van der Waals surface area contributed by atoms with Crippen molar-refractivity contribution < 1.29 is 9.13 Å². The summed E-state index contributed by atoms with van der Waals surface area (Å²) in [7, 11) is 1.46. The van der Waals surface area contributed by atoms with E-state index in [1.165, 1.54) is 13.2 Å². The molecular weight excluding hydrogens is 257 g/mol. The van der Waals surface area contributed by atoms with Crippen molar-refractivity contribution in [3.8, 4) is 5.75 Å². The molecule has 2 rings (SSSR count). The van der Waals surface area contributed by atoms with Crippen LogP contribution in [-0.4, -0.2) is 22.9 Å². The van der Waals surface area contributed by atoms with Crippen molar-refractivity contribution in [3.63, 3.8) is 0 Å². The molecule has 1 atom stereocenters. The van der Waals surface area contributed by atoms with Gasteiger partial charge in [-0.05, 0) is 37.1 Å². The molecule has 20 heavy (non-hydrogen) atoms. The van der Waals surface area contributed by atoms with Gasteiger partial charge in [0.2, 0.25) is 0 Å². The van der Waals surface area contributed by atoms with E-state index in [2.05, 4.69) is 17.3 Å². The Morgan fingerprint density at radius 1 is 1.45 bits per heavy atom. The van der Waals surface area contributed by atoms with Crippen LogP contribution in [-0.2, 0) is 13.1 Å². The quantitative estimate of drug-likeness (QED) is 0.882. The Bertz CT molecular complexity index is 568. The van der Waals surface area contributed by atoms with E-state index >= 15 is 0 Å². The van der Waals surface area contributed by atoms with Crippen LogP contribution in [0.2, 0.25) is 0 Å². The molecule has 2 aromatic rings. The highest BCUT2D eigenvalue weighted by atomic mass is 19.1. The van der Waals surface area contributed by atoms with Gasteiger partial charge in [-0.15, -0.1) is 0 Å². The minimum Gasteiger partial charge on any atom is -0.494 e. The Hall–Kier alpha value is -1.88. The van der Waals surface area contributed by atoms with Gasteiger partial charge in [0.25, 0.3) is 0 Å². The van der Waals surface area contributed by atoms with Gasteiger partial charge in [0.05, 0.1) is 19.9 Å². The number of nitrogens with one attached hydrogen (secondary N) is 1. The smallest absolute Gasteiger partial charge is 0.165 e. The normalized spacial score (nSPS) is 12.4. The molecule has 1 heterocycles. The molecule has 0 unspecified atom stereocenters. The molecule has 0 spiro atoms. The number of aryl methyl sites for hydroxylation is 1. The zero-order valence-corrected chi connectivity index (χ0v) is 12.1. The van der Waals surface area contributed by atoms with E-state index in [-0.39, 0.29) is 17.6 Å². The van der Waals surface area contributed by atoms with Crippen LogP contribution in [0.4, 0.5) is 4.39 Å².